The molecule has 7 nitrogen and oxygen atoms in total. The van der Waals surface area contributed by atoms with Gasteiger partial charge in [0.1, 0.15) is 11.0 Å². The summed E-state index contributed by atoms with van der Waals surface area (Å²) in [6.45, 7) is 2.07. The van der Waals surface area contributed by atoms with Crippen molar-refractivity contribution in [3.8, 4) is 6.07 Å². The molecule has 0 radical (unpaired) electrons. The number of nitrogen functional groups attached to an aromatic ring is 1. The third kappa shape index (κ3) is 4.18. The van der Waals surface area contributed by atoms with Crippen molar-refractivity contribution < 1.29 is 13.2 Å². The molecule has 0 unspecified atom stereocenters. The normalized spacial score (nSPS) is 11.1. The fourth-order valence-corrected chi connectivity index (χ4v) is 2.88. The Labute approximate surface area is 124 Å². The van der Waals surface area contributed by atoms with E-state index < -0.39 is 15.9 Å². The number of amides is 1. The zero-order valence-electron chi connectivity index (χ0n) is 12.0. The van der Waals surface area contributed by atoms with Crippen LogP contribution in [0.2, 0.25) is 0 Å². The van der Waals surface area contributed by atoms with Crippen LogP contribution >= 0.6 is 0 Å². The summed E-state index contributed by atoms with van der Waals surface area (Å²) in [7, 11) is -2.63. The van der Waals surface area contributed by atoms with Crippen LogP contribution in [0.15, 0.2) is 23.1 Å². The Morgan fingerprint density at radius 1 is 1.48 bits per heavy atom. The van der Waals surface area contributed by atoms with Gasteiger partial charge in [0, 0.05) is 19.3 Å². The van der Waals surface area contributed by atoms with Crippen molar-refractivity contribution in [1.29, 1.82) is 5.26 Å². The fraction of sp³-hybridized carbons (Fsp3) is 0.385. The number of sulfonamides is 1. The molecule has 3 N–H and O–H groups in total. The number of carbonyl (C=O) groups excluding carboxylic acids is 1. The molecule has 0 aliphatic heterocycles. The van der Waals surface area contributed by atoms with Gasteiger partial charge < -0.3 is 11.1 Å². The summed E-state index contributed by atoms with van der Waals surface area (Å²) in [5, 5.41) is 11.6. The second-order valence-electron chi connectivity index (χ2n) is 4.48. The van der Waals surface area contributed by atoms with Gasteiger partial charge in [0.25, 0.3) is 0 Å². The highest BCUT2D eigenvalue weighted by Gasteiger charge is 2.25. The molecule has 0 bridgehead atoms. The molecular weight excluding hydrogens is 292 g/mol. The maximum Gasteiger partial charge on any atom is 0.244 e. The maximum absolute atomic E-state index is 12.4. The third-order valence-corrected chi connectivity index (χ3v) is 4.61. The van der Waals surface area contributed by atoms with Gasteiger partial charge in [-0.05, 0) is 24.6 Å². The molecule has 0 fully saturated rings. The van der Waals surface area contributed by atoms with Crippen LogP contribution in [0.25, 0.3) is 0 Å². The van der Waals surface area contributed by atoms with Crippen molar-refractivity contribution in [2.75, 3.05) is 25.9 Å². The predicted molar refractivity (Wildman–Crippen MR) is 78.7 cm³/mol. The minimum absolute atomic E-state index is 0.0455. The lowest BCUT2D eigenvalue weighted by Crippen LogP contribution is -2.38. The van der Waals surface area contributed by atoms with Gasteiger partial charge >= 0.3 is 0 Å². The van der Waals surface area contributed by atoms with Crippen molar-refractivity contribution in [2.24, 2.45) is 0 Å². The molecule has 0 heterocycles. The number of benzene rings is 1. The van der Waals surface area contributed by atoms with Crippen LogP contribution in [0, 0.1) is 11.3 Å². The van der Waals surface area contributed by atoms with E-state index in [-0.39, 0.29) is 17.0 Å². The summed E-state index contributed by atoms with van der Waals surface area (Å²) in [6, 6.07) is 5.76. The Morgan fingerprint density at radius 3 is 2.71 bits per heavy atom. The molecule has 0 saturated carbocycles. The number of nitrogens with one attached hydrogen (secondary N) is 1. The quantitative estimate of drug-likeness (QED) is 0.732. The molecule has 114 valence electrons. The Morgan fingerprint density at radius 2 is 2.14 bits per heavy atom. The van der Waals surface area contributed by atoms with E-state index in [1.54, 1.807) is 6.07 Å². The number of anilines is 1. The monoisotopic (exact) mass is 310 g/mol. The van der Waals surface area contributed by atoms with E-state index in [0.29, 0.717) is 12.2 Å². The van der Waals surface area contributed by atoms with Gasteiger partial charge in [-0.1, -0.05) is 6.92 Å². The van der Waals surface area contributed by atoms with Crippen LogP contribution in [-0.4, -0.2) is 38.8 Å². The molecule has 1 rings (SSSR count). The van der Waals surface area contributed by atoms with Gasteiger partial charge in [-0.3, -0.25) is 4.79 Å². The highest BCUT2D eigenvalue weighted by molar-refractivity contribution is 7.89. The van der Waals surface area contributed by atoms with Crippen molar-refractivity contribution in [1.82, 2.24) is 9.62 Å². The largest absolute Gasteiger partial charge is 0.399 e. The smallest absolute Gasteiger partial charge is 0.244 e. The first-order valence-corrected chi connectivity index (χ1v) is 7.79. The SMILES string of the molecule is CCCNC(=O)CN(C)S(=O)(=O)c1ccc(N)cc1C#N. The van der Waals surface area contributed by atoms with Crippen LogP contribution in [0.1, 0.15) is 18.9 Å². The van der Waals surface area contributed by atoms with Crippen LogP contribution in [0.3, 0.4) is 0 Å². The van der Waals surface area contributed by atoms with Crippen molar-refractivity contribution in [3.63, 3.8) is 0 Å². The summed E-state index contributed by atoms with van der Waals surface area (Å²) < 4.78 is 25.7. The van der Waals surface area contributed by atoms with E-state index in [1.807, 2.05) is 6.92 Å². The highest BCUT2D eigenvalue weighted by Crippen LogP contribution is 2.21. The Hall–Kier alpha value is -2.11. The zero-order chi connectivity index (χ0) is 16.0. The molecular formula is C13H18N4O3S. The Bertz CT molecular complexity index is 664. The van der Waals surface area contributed by atoms with Crippen molar-refractivity contribution >= 4 is 21.6 Å². The molecule has 0 aromatic heterocycles. The fourth-order valence-electron chi connectivity index (χ4n) is 1.64. The molecule has 0 aliphatic carbocycles. The molecule has 8 heteroatoms. The summed E-state index contributed by atoms with van der Waals surface area (Å²) in [4.78, 5) is 11.4. The summed E-state index contributed by atoms with van der Waals surface area (Å²) in [5.41, 5.74) is 5.79. The lowest BCUT2D eigenvalue weighted by atomic mass is 10.2. The van der Waals surface area contributed by atoms with Gasteiger partial charge in [0.05, 0.1) is 12.1 Å². The second-order valence-corrected chi connectivity index (χ2v) is 6.49. The van der Waals surface area contributed by atoms with Gasteiger partial charge in [-0.2, -0.15) is 9.57 Å². The topological polar surface area (TPSA) is 116 Å². The maximum atomic E-state index is 12.4. The first-order valence-electron chi connectivity index (χ1n) is 6.35. The number of hydrogen-bond acceptors (Lipinski definition) is 5. The van der Waals surface area contributed by atoms with Crippen LogP contribution in [0.5, 0.6) is 0 Å². The van der Waals surface area contributed by atoms with E-state index >= 15 is 0 Å². The number of nitriles is 1. The number of nitrogens with zero attached hydrogens (tertiary/aromatic N) is 2. The standard InChI is InChI=1S/C13H18N4O3S/c1-3-6-16-13(18)9-17(2)21(19,20)12-5-4-11(15)7-10(12)8-14/h4-5,7H,3,6,9,15H2,1-2H3,(H,16,18). The third-order valence-electron chi connectivity index (χ3n) is 2.75. The molecule has 0 atom stereocenters. The van der Waals surface area contributed by atoms with Gasteiger partial charge in [0.15, 0.2) is 0 Å². The predicted octanol–water partition coefficient (Wildman–Crippen LogP) is 0.287. The summed E-state index contributed by atoms with van der Waals surface area (Å²) in [5.74, 6) is -0.392. The number of nitrogens with two attached hydrogens (primary N) is 1. The molecule has 1 amide bonds. The molecule has 0 spiro atoms. The number of carbonyl (C=O) groups is 1. The number of hydrogen-bond donors (Lipinski definition) is 2. The second kappa shape index (κ2) is 7.06. The lowest BCUT2D eigenvalue weighted by Gasteiger charge is -2.17. The lowest BCUT2D eigenvalue weighted by molar-refractivity contribution is -0.121. The first-order chi connectivity index (χ1) is 9.82. The van der Waals surface area contributed by atoms with Gasteiger partial charge in [-0.15, -0.1) is 0 Å². The Balaban J connectivity index is 3.01. The summed E-state index contributed by atoms with van der Waals surface area (Å²) >= 11 is 0. The van der Waals surface area contributed by atoms with E-state index in [2.05, 4.69) is 5.32 Å². The van der Waals surface area contributed by atoms with E-state index in [4.69, 9.17) is 11.0 Å². The van der Waals surface area contributed by atoms with Crippen LogP contribution in [0.4, 0.5) is 5.69 Å². The first kappa shape index (κ1) is 16.9. The molecule has 0 saturated heterocycles. The Kier molecular flexibility index (Phi) is 5.69. The van der Waals surface area contributed by atoms with Crippen molar-refractivity contribution in [2.45, 2.75) is 18.2 Å². The minimum atomic E-state index is -3.92. The van der Waals surface area contributed by atoms with E-state index in [1.165, 1.54) is 25.2 Å². The zero-order valence-corrected chi connectivity index (χ0v) is 12.8. The van der Waals surface area contributed by atoms with E-state index in [9.17, 15) is 13.2 Å². The average molecular weight is 310 g/mol. The van der Waals surface area contributed by atoms with Crippen LogP contribution < -0.4 is 11.1 Å². The summed E-state index contributed by atoms with van der Waals surface area (Å²) in [6.07, 6.45) is 0.763. The van der Waals surface area contributed by atoms with Crippen LogP contribution in [-0.2, 0) is 14.8 Å². The number of rotatable bonds is 6. The minimum Gasteiger partial charge on any atom is -0.399 e. The number of likely N-dealkylation sites (N-methyl/N-ethyl adjacent to an activating group) is 1. The molecule has 1 aromatic carbocycles. The molecule has 21 heavy (non-hydrogen) atoms. The van der Waals surface area contributed by atoms with Crippen molar-refractivity contribution in [3.05, 3.63) is 23.8 Å². The average Bonchev–Trinajstić information content (AvgIpc) is 2.44. The van der Waals surface area contributed by atoms with E-state index in [0.717, 1.165) is 10.7 Å². The highest BCUT2D eigenvalue weighted by atomic mass is 32.2. The molecule has 0 aliphatic rings. The van der Waals surface area contributed by atoms with Gasteiger partial charge in [0.2, 0.25) is 15.9 Å². The molecule has 1 aromatic rings. The van der Waals surface area contributed by atoms with Gasteiger partial charge in [-0.25, -0.2) is 8.42 Å².